The smallest absolute Gasteiger partial charge is 0.00215 e. The maximum absolute atomic E-state index is 3.74. The first-order chi connectivity index (χ1) is 4.43. The predicted molar refractivity (Wildman–Crippen MR) is 41.2 cm³/mol. The standard InChI is InChI=1S/C9H12/c1-2-9-7-5-3-4-6-8-9/h2-3,5-6,8-9H,1,4,7H2/t9-/m0/s1. The summed E-state index contributed by atoms with van der Waals surface area (Å²) in [5.74, 6) is 0.573. The topological polar surface area (TPSA) is 0 Å². The SMILES string of the molecule is C=C[C@@H]1C=CCC=CC1. The van der Waals surface area contributed by atoms with Gasteiger partial charge >= 0.3 is 0 Å². The molecule has 0 aromatic carbocycles. The minimum absolute atomic E-state index is 0.573. The molecule has 1 aliphatic carbocycles. The minimum atomic E-state index is 0.573. The summed E-state index contributed by atoms with van der Waals surface area (Å²) in [4.78, 5) is 0. The van der Waals surface area contributed by atoms with Gasteiger partial charge in [0, 0.05) is 0 Å². The van der Waals surface area contributed by atoms with E-state index in [4.69, 9.17) is 0 Å². The van der Waals surface area contributed by atoms with Crippen LogP contribution in [0.4, 0.5) is 0 Å². The molecule has 0 spiro atoms. The summed E-state index contributed by atoms with van der Waals surface area (Å²) in [6, 6.07) is 0. The third-order valence-corrected chi connectivity index (χ3v) is 1.53. The van der Waals surface area contributed by atoms with E-state index in [2.05, 4.69) is 30.9 Å². The fraction of sp³-hybridized carbons (Fsp3) is 0.333. The van der Waals surface area contributed by atoms with Crippen molar-refractivity contribution in [3.05, 3.63) is 37.0 Å². The maximum atomic E-state index is 3.74. The van der Waals surface area contributed by atoms with Gasteiger partial charge in [-0.25, -0.2) is 0 Å². The Labute approximate surface area is 56.6 Å². The van der Waals surface area contributed by atoms with E-state index in [-0.39, 0.29) is 0 Å². The van der Waals surface area contributed by atoms with E-state index in [1.165, 1.54) is 0 Å². The van der Waals surface area contributed by atoms with Crippen molar-refractivity contribution in [1.29, 1.82) is 0 Å². The van der Waals surface area contributed by atoms with Crippen LogP contribution in [0.2, 0.25) is 0 Å². The highest BCUT2D eigenvalue weighted by Gasteiger charge is 1.96. The Morgan fingerprint density at radius 3 is 3.00 bits per heavy atom. The molecular formula is C9H12. The molecule has 0 N–H and O–H groups in total. The average Bonchev–Trinajstić information content (AvgIpc) is 2.13. The largest absolute Gasteiger partial charge is 0.102 e. The quantitative estimate of drug-likeness (QED) is 0.467. The van der Waals surface area contributed by atoms with Crippen LogP contribution in [0.15, 0.2) is 37.0 Å². The van der Waals surface area contributed by atoms with Gasteiger partial charge in [0.1, 0.15) is 0 Å². The molecule has 0 fully saturated rings. The van der Waals surface area contributed by atoms with Crippen molar-refractivity contribution >= 4 is 0 Å². The molecule has 48 valence electrons. The van der Waals surface area contributed by atoms with Crippen LogP contribution in [0, 0.1) is 5.92 Å². The van der Waals surface area contributed by atoms with E-state index in [0.29, 0.717) is 5.92 Å². The molecule has 1 atom stereocenters. The van der Waals surface area contributed by atoms with Gasteiger partial charge in [-0.3, -0.25) is 0 Å². The molecule has 0 heterocycles. The Kier molecular flexibility index (Phi) is 2.32. The van der Waals surface area contributed by atoms with Crippen LogP contribution in [0.5, 0.6) is 0 Å². The second kappa shape index (κ2) is 3.29. The molecule has 0 radical (unpaired) electrons. The Bertz CT molecular complexity index is 140. The number of allylic oxidation sites excluding steroid dienone is 5. The molecule has 0 aromatic heterocycles. The molecule has 9 heavy (non-hydrogen) atoms. The molecule has 0 nitrogen and oxygen atoms in total. The zero-order chi connectivity index (χ0) is 6.53. The molecule has 1 rings (SSSR count). The van der Waals surface area contributed by atoms with E-state index >= 15 is 0 Å². The molecule has 0 aliphatic heterocycles. The second-order valence-electron chi connectivity index (χ2n) is 2.27. The highest BCUT2D eigenvalue weighted by atomic mass is 14.0. The molecule has 0 unspecified atom stereocenters. The number of rotatable bonds is 1. The lowest BCUT2D eigenvalue weighted by Crippen LogP contribution is -1.85. The summed E-state index contributed by atoms with van der Waals surface area (Å²) in [7, 11) is 0. The third-order valence-electron chi connectivity index (χ3n) is 1.53. The van der Waals surface area contributed by atoms with Crippen LogP contribution in [0.1, 0.15) is 12.8 Å². The molecular weight excluding hydrogens is 108 g/mol. The van der Waals surface area contributed by atoms with Gasteiger partial charge in [-0.1, -0.05) is 30.4 Å². The van der Waals surface area contributed by atoms with Crippen molar-refractivity contribution in [3.63, 3.8) is 0 Å². The van der Waals surface area contributed by atoms with Crippen molar-refractivity contribution in [2.75, 3.05) is 0 Å². The van der Waals surface area contributed by atoms with Gasteiger partial charge in [0.15, 0.2) is 0 Å². The van der Waals surface area contributed by atoms with Crippen molar-refractivity contribution in [3.8, 4) is 0 Å². The number of hydrogen-bond acceptors (Lipinski definition) is 0. The zero-order valence-corrected chi connectivity index (χ0v) is 5.59. The van der Waals surface area contributed by atoms with Gasteiger partial charge < -0.3 is 0 Å². The summed E-state index contributed by atoms with van der Waals surface area (Å²) in [6.45, 7) is 3.74. The van der Waals surface area contributed by atoms with E-state index in [0.717, 1.165) is 12.8 Å². The minimum Gasteiger partial charge on any atom is -0.102 e. The van der Waals surface area contributed by atoms with Gasteiger partial charge in [0.05, 0.1) is 0 Å². The van der Waals surface area contributed by atoms with Crippen LogP contribution in [0.25, 0.3) is 0 Å². The first kappa shape index (κ1) is 6.34. The Morgan fingerprint density at radius 2 is 2.22 bits per heavy atom. The zero-order valence-electron chi connectivity index (χ0n) is 5.59. The van der Waals surface area contributed by atoms with Crippen LogP contribution >= 0.6 is 0 Å². The van der Waals surface area contributed by atoms with Gasteiger partial charge in [-0.2, -0.15) is 0 Å². The van der Waals surface area contributed by atoms with E-state index in [1.54, 1.807) is 0 Å². The molecule has 0 saturated heterocycles. The maximum Gasteiger partial charge on any atom is -0.00215 e. The Balaban J connectivity index is 2.54. The van der Waals surface area contributed by atoms with Crippen molar-refractivity contribution < 1.29 is 0 Å². The summed E-state index contributed by atoms with van der Waals surface area (Å²) in [6.07, 6.45) is 13.0. The molecule has 1 aliphatic rings. The Morgan fingerprint density at radius 1 is 1.33 bits per heavy atom. The van der Waals surface area contributed by atoms with Gasteiger partial charge in [0.25, 0.3) is 0 Å². The molecule has 0 heteroatoms. The van der Waals surface area contributed by atoms with Gasteiger partial charge in [-0.15, -0.1) is 6.58 Å². The van der Waals surface area contributed by atoms with Crippen LogP contribution in [0.3, 0.4) is 0 Å². The Hall–Kier alpha value is -0.780. The van der Waals surface area contributed by atoms with Gasteiger partial charge in [0.2, 0.25) is 0 Å². The third kappa shape index (κ3) is 1.88. The van der Waals surface area contributed by atoms with Crippen molar-refractivity contribution in [1.82, 2.24) is 0 Å². The average molecular weight is 120 g/mol. The molecule has 0 amide bonds. The normalized spacial score (nSPS) is 25.6. The predicted octanol–water partition coefficient (Wildman–Crippen LogP) is 2.69. The second-order valence-corrected chi connectivity index (χ2v) is 2.27. The first-order valence-electron chi connectivity index (χ1n) is 3.37. The van der Waals surface area contributed by atoms with Crippen LogP contribution < -0.4 is 0 Å². The number of hydrogen-bond donors (Lipinski definition) is 0. The summed E-state index contributed by atoms with van der Waals surface area (Å²) in [5, 5.41) is 0. The van der Waals surface area contributed by atoms with Crippen molar-refractivity contribution in [2.45, 2.75) is 12.8 Å². The summed E-state index contributed by atoms with van der Waals surface area (Å²) >= 11 is 0. The molecule has 0 bridgehead atoms. The highest BCUT2D eigenvalue weighted by Crippen LogP contribution is 2.11. The summed E-state index contributed by atoms with van der Waals surface area (Å²) < 4.78 is 0. The lowest BCUT2D eigenvalue weighted by Gasteiger charge is -1.98. The van der Waals surface area contributed by atoms with E-state index in [9.17, 15) is 0 Å². The van der Waals surface area contributed by atoms with Crippen LogP contribution in [-0.4, -0.2) is 0 Å². The molecule has 0 saturated carbocycles. The lowest BCUT2D eigenvalue weighted by atomic mass is 10.1. The van der Waals surface area contributed by atoms with E-state index in [1.807, 2.05) is 6.08 Å². The van der Waals surface area contributed by atoms with Crippen molar-refractivity contribution in [2.24, 2.45) is 5.92 Å². The highest BCUT2D eigenvalue weighted by molar-refractivity contribution is 5.06. The molecule has 0 aromatic rings. The fourth-order valence-electron chi connectivity index (χ4n) is 0.935. The van der Waals surface area contributed by atoms with Crippen LogP contribution in [-0.2, 0) is 0 Å². The first-order valence-corrected chi connectivity index (χ1v) is 3.37. The van der Waals surface area contributed by atoms with Gasteiger partial charge in [-0.05, 0) is 18.8 Å². The monoisotopic (exact) mass is 120 g/mol. The summed E-state index contributed by atoms with van der Waals surface area (Å²) in [5.41, 5.74) is 0. The fourth-order valence-corrected chi connectivity index (χ4v) is 0.935. The van der Waals surface area contributed by atoms with E-state index < -0.39 is 0 Å². The lowest BCUT2D eigenvalue weighted by molar-refractivity contribution is 0.838.